The minimum atomic E-state index is -1.82. The Morgan fingerprint density at radius 1 is 0.840 bits per heavy atom. The van der Waals surface area contributed by atoms with Gasteiger partial charge in [-0.15, -0.1) is 0 Å². The van der Waals surface area contributed by atoms with Crippen molar-refractivity contribution >= 4 is 17.8 Å². The lowest BCUT2D eigenvalue weighted by Crippen LogP contribution is -2.67. The Bertz CT molecular complexity index is 782. The number of urea groups is 1. The monoisotopic (exact) mass is 340 g/mol. The van der Waals surface area contributed by atoms with E-state index in [2.05, 4.69) is 0 Å². The molecule has 7 nitrogen and oxygen atoms in total. The summed E-state index contributed by atoms with van der Waals surface area (Å²) in [6.45, 7) is 1.72. The third-order valence-corrected chi connectivity index (χ3v) is 3.71. The first-order valence-electron chi connectivity index (χ1n) is 7.60. The predicted octanol–water partition coefficient (Wildman–Crippen LogP) is 1.77. The number of nitrogens with one attached hydrogen (secondary N) is 2. The summed E-state index contributed by atoms with van der Waals surface area (Å²) < 4.78 is 11.2. The molecule has 0 atom stereocenters. The van der Waals surface area contributed by atoms with Crippen LogP contribution in [0.4, 0.5) is 4.79 Å². The van der Waals surface area contributed by atoms with Gasteiger partial charge in [0.25, 0.3) is 17.4 Å². The molecule has 0 spiro atoms. The van der Waals surface area contributed by atoms with Crippen LogP contribution in [0.5, 0.6) is 11.5 Å². The third kappa shape index (κ3) is 3.60. The van der Waals surface area contributed by atoms with E-state index < -0.39 is 23.4 Å². The normalized spacial score (nSPS) is 16.0. The number of carbonyl (C=O) groups is 3. The minimum absolute atomic E-state index is 0.300. The van der Waals surface area contributed by atoms with Gasteiger partial charge < -0.3 is 9.47 Å². The molecule has 2 aromatic carbocycles. The van der Waals surface area contributed by atoms with E-state index in [0.29, 0.717) is 18.1 Å². The van der Waals surface area contributed by atoms with E-state index in [1.54, 1.807) is 24.3 Å². The van der Waals surface area contributed by atoms with Gasteiger partial charge in [-0.25, -0.2) is 4.79 Å². The zero-order valence-corrected chi connectivity index (χ0v) is 13.4. The second-order valence-electron chi connectivity index (χ2n) is 5.62. The Hall–Kier alpha value is -3.35. The Labute approximate surface area is 143 Å². The average Bonchev–Trinajstić information content (AvgIpc) is 2.60. The first kappa shape index (κ1) is 16.5. The Kier molecular flexibility index (Phi) is 4.38. The molecule has 1 saturated heterocycles. The summed E-state index contributed by atoms with van der Waals surface area (Å²) in [5.74, 6) is -0.709. The summed E-state index contributed by atoms with van der Waals surface area (Å²) in [7, 11) is 0. The molecule has 128 valence electrons. The number of hydrogen-bond acceptors (Lipinski definition) is 5. The van der Waals surface area contributed by atoms with E-state index in [1.807, 2.05) is 41.0 Å². The van der Waals surface area contributed by atoms with Crippen LogP contribution in [0.1, 0.15) is 12.5 Å². The first-order valence-corrected chi connectivity index (χ1v) is 7.60. The topological polar surface area (TPSA) is 93.7 Å². The lowest BCUT2D eigenvalue weighted by molar-refractivity contribution is -0.149. The number of benzene rings is 2. The molecular weight excluding hydrogens is 324 g/mol. The number of ether oxygens (including phenoxy) is 2. The quantitative estimate of drug-likeness (QED) is 0.809. The third-order valence-electron chi connectivity index (χ3n) is 3.71. The molecule has 3 rings (SSSR count). The Morgan fingerprint density at radius 2 is 1.40 bits per heavy atom. The van der Waals surface area contributed by atoms with Crippen LogP contribution in [0.15, 0.2) is 54.6 Å². The van der Waals surface area contributed by atoms with Crippen LogP contribution in [-0.4, -0.2) is 23.4 Å². The van der Waals surface area contributed by atoms with Gasteiger partial charge in [-0.3, -0.25) is 20.2 Å². The van der Waals surface area contributed by atoms with Crippen LogP contribution < -0.4 is 20.1 Å². The van der Waals surface area contributed by atoms with Crippen molar-refractivity contribution in [2.24, 2.45) is 0 Å². The molecule has 2 N–H and O–H groups in total. The van der Waals surface area contributed by atoms with Crippen LogP contribution in [0.2, 0.25) is 0 Å². The maximum absolute atomic E-state index is 11.9. The average molecular weight is 340 g/mol. The molecule has 2 aromatic rings. The highest BCUT2D eigenvalue weighted by atomic mass is 16.5. The van der Waals surface area contributed by atoms with Gasteiger partial charge in [-0.05, 0) is 36.8 Å². The zero-order chi connectivity index (χ0) is 17.9. The lowest BCUT2D eigenvalue weighted by atomic mass is 10.0. The molecule has 1 aliphatic rings. The van der Waals surface area contributed by atoms with Crippen molar-refractivity contribution in [1.82, 2.24) is 10.6 Å². The molecule has 1 fully saturated rings. The summed E-state index contributed by atoms with van der Waals surface area (Å²) in [6.07, 6.45) is 0. The summed E-state index contributed by atoms with van der Waals surface area (Å²) in [5.41, 5.74) is -0.782. The molecule has 0 radical (unpaired) electrons. The van der Waals surface area contributed by atoms with Crippen molar-refractivity contribution in [3.8, 4) is 11.5 Å². The fraction of sp³-hybridized carbons (Fsp3) is 0.167. The fourth-order valence-electron chi connectivity index (χ4n) is 2.25. The van der Waals surface area contributed by atoms with Crippen LogP contribution in [0.25, 0.3) is 0 Å². The highest BCUT2D eigenvalue weighted by Gasteiger charge is 2.48. The largest absolute Gasteiger partial charge is 0.489 e. The Balaban J connectivity index is 1.65. The van der Waals surface area contributed by atoms with Gasteiger partial charge >= 0.3 is 6.03 Å². The summed E-state index contributed by atoms with van der Waals surface area (Å²) in [6, 6.07) is 15.4. The van der Waals surface area contributed by atoms with Gasteiger partial charge in [0, 0.05) is 0 Å². The molecule has 7 heteroatoms. The smallest absolute Gasteiger partial charge is 0.328 e. The van der Waals surface area contributed by atoms with Gasteiger partial charge in [-0.1, -0.05) is 30.3 Å². The van der Waals surface area contributed by atoms with Gasteiger partial charge in [-0.2, -0.15) is 0 Å². The SMILES string of the molecule is CC1(Oc2ccc(OCc3ccccc3)cc2)C(=O)NC(=O)NC1=O. The van der Waals surface area contributed by atoms with Gasteiger partial charge in [0.1, 0.15) is 18.1 Å². The van der Waals surface area contributed by atoms with Crippen molar-refractivity contribution < 1.29 is 23.9 Å². The van der Waals surface area contributed by atoms with Gasteiger partial charge in [0.2, 0.25) is 0 Å². The molecule has 25 heavy (non-hydrogen) atoms. The van der Waals surface area contributed by atoms with E-state index in [0.717, 1.165) is 5.56 Å². The predicted molar refractivity (Wildman–Crippen MR) is 87.9 cm³/mol. The van der Waals surface area contributed by atoms with Crippen LogP contribution in [-0.2, 0) is 16.2 Å². The number of rotatable bonds is 5. The molecule has 0 unspecified atom stereocenters. The number of imide groups is 2. The Morgan fingerprint density at radius 3 is 2.00 bits per heavy atom. The van der Waals surface area contributed by atoms with Crippen molar-refractivity contribution in [2.45, 2.75) is 19.1 Å². The lowest BCUT2D eigenvalue weighted by Gasteiger charge is -2.30. The van der Waals surface area contributed by atoms with Gasteiger partial charge in [0.05, 0.1) is 0 Å². The maximum Gasteiger partial charge on any atom is 0.328 e. The molecule has 0 aromatic heterocycles. The second-order valence-corrected chi connectivity index (χ2v) is 5.62. The first-order chi connectivity index (χ1) is 12.0. The van der Waals surface area contributed by atoms with E-state index in [9.17, 15) is 14.4 Å². The van der Waals surface area contributed by atoms with Crippen LogP contribution >= 0.6 is 0 Å². The van der Waals surface area contributed by atoms with Crippen molar-refractivity contribution in [3.05, 3.63) is 60.2 Å². The fourth-order valence-corrected chi connectivity index (χ4v) is 2.25. The second kappa shape index (κ2) is 6.64. The number of barbiturate groups is 1. The highest BCUT2D eigenvalue weighted by Crippen LogP contribution is 2.24. The van der Waals surface area contributed by atoms with E-state index in [1.165, 1.54) is 6.92 Å². The summed E-state index contributed by atoms with van der Waals surface area (Å²) >= 11 is 0. The summed E-state index contributed by atoms with van der Waals surface area (Å²) in [5, 5.41) is 4.02. The maximum atomic E-state index is 11.9. The van der Waals surface area contributed by atoms with Crippen LogP contribution in [0, 0.1) is 0 Å². The van der Waals surface area contributed by atoms with Crippen molar-refractivity contribution in [3.63, 3.8) is 0 Å². The molecule has 4 amide bonds. The molecule has 0 bridgehead atoms. The molecule has 1 aliphatic heterocycles. The van der Waals surface area contributed by atoms with Crippen molar-refractivity contribution in [1.29, 1.82) is 0 Å². The number of carbonyl (C=O) groups excluding carboxylic acids is 3. The molecule has 0 aliphatic carbocycles. The number of hydrogen-bond donors (Lipinski definition) is 2. The van der Waals surface area contributed by atoms with E-state index >= 15 is 0 Å². The summed E-state index contributed by atoms with van der Waals surface area (Å²) in [4.78, 5) is 35.0. The molecular formula is C18H16N2O5. The molecule has 1 heterocycles. The van der Waals surface area contributed by atoms with Crippen LogP contribution in [0.3, 0.4) is 0 Å². The van der Waals surface area contributed by atoms with Gasteiger partial charge in [0.15, 0.2) is 0 Å². The van der Waals surface area contributed by atoms with E-state index in [4.69, 9.17) is 9.47 Å². The standard InChI is InChI=1S/C18H16N2O5/c1-18(15(21)19-17(23)20-16(18)22)25-14-9-7-13(8-10-14)24-11-12-5-3-2-4-6-12/h2-10H,11H2,1H3,(H2,19,20,21,22,23). The minimum Gasteiger partial charge on any atom is -0.489 e. The van der Waals surface area contributed by atoms with E-state index in [-0.39, 0.29) is 0 Å². The number of amides is 4. The molecule has 0 saturated carbocycles. The van der Waals surface area contributed by atoms with Crippen molar-refractivity contribution in [2.75, 3.05) is 0 Å². The zero-order valence-electron chi connectivity index (χ0n) is 13.4. The highest BCUT2D eigenvalue weighted by molar-refractivity contribution is 6.21.